The van der Waals surface area contributed by atoms with Gasteiger partial charge in [-0.15, -0.1) is 0 Å². The molecule has 0 spiro atoms. The van der Waals surface area contributed by atoms with Crippen LogP contribution in [0.2, 0.25) is 0 Å². The van der Waals surface area contributed by atoms with Crippen molar-refractivity contribution in [3.05, 3.63) is 99.5 Å². The molecule has 8 nitrogen and oxygen atoms in total. The Kier molecular flexibility index (Phi) is 8.77. The van der Waals surface area contributed by atoms with Crippen molar-refractivity contribution in [1.29, 1.82) is 0 Å². The number of nitrogens with one attached hydrogen (secondary N) is 2. The molecular weight excluding hydrogens is 511 g/mol. The Morgan fingerprint density at radius 3 is 2.48 bits per heavy atom. The van der Waals surface area contributed by atoms with Crippen LogP contribution in [0.5, 0.6) is 5.75 Å². The molecule has 1 atom stereocenters. The van der Waals surface area contributed by atoms with Crippen molar-refractivity contribution in [2.24, 2.45) is 7.05 Å². The minimum Gasteiger partial charge on any atom is -0.496 e. The monoisotopic (exact) mass is 544 g/mol. The molecular formula is C31H33FN4O4. The van der Waals surface area contributed by atoms with Gasteiger partial charge in [0.1, 0.15) is 17.1 Å². The zero-order valence-corrected chi connectivity index (χ0v) is 23.2. The number of anilines is 1. The summed E-state index contributed by atoms with van der Waals surface area (Å²) in [4.78, 5) is 29.2. The molecule has 0 radical (unpaired) electrons. The van der Waals surface area contributed by atoms with E-state index in [-0.39, 0.29) is 12.1 Å². The van der Waals surface area contributed by atoms with Crippen molar-refractivity contribution in [3.8, 4) is 28.0 Å². The van der Waals surface area contributed by atoms with Gasteiger partial charge in [0.05, 0.1) is 19.5 Å². The number of halogens is 1. The first-order valence-corrected chi connectivity index (χ1v) is 12.9. The van der Waals surface area contributed by atoms with Gasteiger partial charge in [0.15, 0.2) is 0 Å². The van der Waals surface area contributed by atoms with Crippen molar-refractivity contribution in [2.45, 2.75) is 33.4 Å². The lowest BCUT2D eigenvalue weighted by Gasteiger charge is -2.18. The molecule has 1 heterocycles. The molecule has 208 valence electrons. The van der Waals surface area contributed by atoms with Crippen molar-refractivity contribution in [2.75, 3.05) is 19.0 Å². The van der Waals surface area contributed by atoms with E-state index >= 15 is 4.39 Å². The summed E-state index contributed by atoms with van der Waals surface area (Å²) in [6.45, 7) is 6.09. The SMILES string of the molecule is COc1cc(-c2cccc(-c3cccc(NC(=O)c4cncn(C)c4=O)c3C)c2C)cc(F)c1CNCC(C)O. The molecule has 0 aliphatic rings. The van der Waals surface area contributed by atoms with Gasteiger partial charge in [0, 0.05) is 37.6 Å². The van der Waals surface area contributed by atoms with Gasteiger partial charge in [-0.05, 0) is 72.4 Å². The van der Waals surface area contributed by atoms with Gasteiger partial charge in [-0.3, -0.25) is 9.59 Å². The molecule has 0 saturated carbocycles. The molecule has 0 saturated heterocycles. The lowest BCUT2D eigenvalue weighted by molar-refractivity contribution is 0.102. The molecule has 0 aliphatic carbocycles. The van der Waals surface area contributed by atoms with Crippen molar-refractivity contribution < 1.29 is 19.0 Å². The third-order valence-electron chi connectivity index (χ3n) is 6.87. The zero-order chi connectivity index (χ0) is 29.0. The van der Waals surface area contributed by atoms with E-state index in [4.69, 9.17) is 4.74 Å². The first kappa shape index (κ1) is 28.7. The van der Waals surface area contributed by atoms with Crippen molar-refractivity contribution in [1.82, 2.24) is 14.9 Å². The maximum atomic E-state index is 15.2. The largest absolute Gasteiger partial charge is 0.496 e. The number of aliphatic hydroxyl groups is 1. The number of nitrogens with zero attached hydrogens (tertiary/aromatic N) is 2. The molecule has 4 rings (SSSR count). The maximum absolute atomic E-state index is 15.2. The fourth-order valence-corrected chi connectivity index (χ4v) is 4.68. The normalized spacial score (nSPS) is 11.8. The number of hydrogen-bond acceptors (Lipinski definition) is 6. The summed E-state index contributed by atoms with van der Waals surface area (Å²) in [6.07, 6.45) is 2.06. The summed E-state index contributed by atoms with van der Waals surface area (Å²) < 4.78 is 22.0. The highest BCUT2D eigenvalue weighted by Gasteiger charge is 2.18. The number of benzene rings is 3. The van der Waals surface area contributed by atoms with Gasteiger partial charge in [-0.25, -0.2) is 9.37 Å². The molecule has 4 aromatic rings. The van der Waals surface area contributed by atoms with Crippen LogP contribution in [0.25, 0.3) is 22.3 Å². The van der Waals surface area contributed by atoms with E-state index in [1.54, 1.807) is 13.0 Å². The van der Waals surface area contributed by atoms with Crippen LogP contribution in [0.4, 0.5) is 10.1 Å². The van der Waals surface area contributed by atoms with Crippen LogP contribution in [0.1, 0.15) is 34.0 Å². The van der Waals surface area contributed by atoms with E-state index in [0.717, 1.165) is 27.8 Å². The second-order valence-electron chi connectivity index (χ2n) is 9.75. The predicted molar refractivity (Wildman–Crippen MR) is 154 cm³/mol. The van der Waals surface area contributed by atoms with Gasteiger partial charge in [0.25, 0.3) is 11.5 Å². The van der Waals surface area contributed by atoms with Gasteiger partial charge in [-0.1, -0.05) is 30.3 Å². The molecule has 3 aromatic carbocycles. The molecule has 1 unspecified atom stereocenters. The molecule has 1 amide bonds. The van der Waals surface area contributed by atoms with Gasteiger partial charge >= 0.3 is 0 Å². The molecule has 0 fully saturated rings. The Balaban J connectivity index is 1.69. The number of carbonyl (C=O) groups is 1. The smallest absolute Gasteiger partial charge is 0.265 e. The molecule has 0 aliphatic heterocycles. The average Bonchev–Trinajstić information content (AvgIpc) is 2.92. The number of aliphatic hydroxyl groups excluding tert-OH is 1. The fraction of sp³-hybridized carbons (Fsp3) is 0.258. The maximum Gasteiger partial charge on any atom is 0.265 e. The number of hydrogen-bond donors (Lipinski definition) is 3. The van der Waals surface area contributed by atoms with Crippen LogP contribution in [0, 0.1) is 19.7 Å². The molecule has 0 bridgehead atoms. The number of rotatable bonds is 9. The number of aryl methyl sites for hydroxylation is 1. The van der Waals surface area contributed by atoms with Crippen molar-refractivity contribution >= 4 is 11.6 Å². The lowest BCUT2D eigenvalue weighted by Crippen LogP contribution is -2.28. The highest BCUT2D eigenvalue weighted by Crippen LogP contribution is 2.37. The number of carbonyl (C=O) groups excluding carboxylic acids is 1. The Hall–Kier alpha value is -4.34. The molecule has 3 N–H and O–H groups in total. The predicted octanol–water partition coefficient (Wildman–Crippen LogP) is 4.60. The number of amides is 1. The first-order valence-electron chi connectivity index (χ1n) is 12.9. The lowest BCUT2D eigenvalue weighted by atomic mass is 9.90. The highest BCUT2D eigenvalue weighted by molar-refractivity contribution is 6.04. The summed E-state index contributed by atoms with van der Waals surface area (Å²) >= 11 is 0. The summed E-state index contributed by atoms with van der Waals surface area (Å²) in [7, 11) is 3.04. The second kappa shape index (κ2) is 12.2. The van der Waals surface area contributed by atoms with Crippen LogP contribution in [0.15, 0.2) is 65.8 Å². The van der Waals surface area contributed by atoms with Crippen LogP contribution >= 0.6 is 0 Å². The van der Waals surface area contributed by atoms with Crippen molar-refractivity contribution in [3.63, 3.8) is 0 Å². The quantitative estimate of drug-likeness (QED) is 0.284. The summed E-state index contributed by atoms with van der Waals surface area (Å²) in [5.41, 5.74) is 5.55. The van der Waals surface area contributed by atoms with Crippen LogP contribution in [-0.4, -0.2) is 40.3 Å². The molecule has 1 aromatic heterocycles. The Morgan fingerprint density at radius 2 is 1.77 bits per heavy atom. The third kappa shape index (κ3) is 5.95. The van der Waals surface area contributed by atoms with Gasteiger partial charge < -0.3 is 25.0 Å². The van der Waals surface area contributed by atoms with Gasteiger partial charge in [-0.2, -0.15) is 0 Å². The Morgan fingerprint density at radius 1 is 1.10 bits per heavy atom. The summed E-state index contributed by atoms with van der Waals surface area (Å²) in [5, 5.41) is 15.4. The summed E-state index contributed by atoms with van der Waals surface area (Å²) in [5.74, 6) is -0.523. The highest BCUT2D eigenvalue weighted by atomic mass is 19.1. The van der Waals surface area contributed by atoms with Crippen LogP contribution in [0.3, 0.4) is 0 Å². The third-order valence-corrected chi connectivity index (χ3v) is 6.87. The van der Waals surface area contributed by atoms with E-state index < -0.39 is 23.4 Å². The van der Waals surface area contributed by atoms with E-state index in [2.05, 4.69) is 15.6 Å². The van der Waals surface area contributed by atoms with Gasteiger partial charge in [0.2, 0.25) is 0 Å². The Bertz CT molecular complexity index is 1610. The minimum atomic E-state index is -0.545. The topological polar surface area (TPSA) is 105 Å². The number of methoxy groups -OCH3 is 1. The minimum absolute atomic E-state index is 0.0477. The standard InChI is InChI=1S/C31H33FN4O4/c1-18(37)14-33-15-25-27(32)12-21(13-29(25)40-5)22-8-6-9-23(19(22)2)24-10-7-11-28(20(24)3)35-30(38)26-16-34-17-36(4)31(26)39/h6-13,16-18,33,37H,14-15H2,1-5H3,(H,35,38). The van der Waals surface area contributed by atoms with E-state index in [9.17, 15) is 14.7 Å². The zero-order valence-electron chi connectivity index (χ0n) is 23.2. The molecule has 40 heavy (non-hydrogen) atoms. The first-order chi connectivity index (χ1) is 19.1. The van der Waals surface area contributed by atoms with E-state index in [1.165, 1.54) is 37.3 Å². The number of ether oxygens (including phenoxy) is 1. The second-order valence-corrected chi connectivity index (χ2v) is 9.75. The number of aromatic nitrogens is 2. The van der Waals surface area contributed by atoms with Crippen LogP contribution < -0.4 is 20.9 Å². The fourth-order valence-electron chi connectivity index (χ4n) is 4.68. The van der Waals surface area contributed by atoms with E-state index in [1.807, 2.05) is 50.2 Å². The van der Waals surface area contributed by atoms with Crippen LogP contribution in [-0.2, 0) is 13.6 Å². The summed E-state index contributed by atoms with van der Waals surface area (Å²) in [6, 6.07) is 14.7. The van der Waals surface area contributed by atoms with E-state index in [0.29, 0.717) is 29.1 Å². The average molecular weight is 545 g/mol. The molecule has 9 heteroatoms. The Labute approximate surface area is 232 Å².